The Hall–Kier alpha value is -2.63. The van der Waals surface area contributed by atoms with Gasteiger partial charge in [-0.2, -0.15) is 0 Å². The molecule has 2 heterocycles. The molecule has 0 amide bonds. The van der Waals surface area contributed by atoms with Gasteiger partial charge in [0.25, 0.3) is 0 Å². The van der Waals surface area contributed by atoms with Gasteiger partial charge in [-0.1, -0.05) is 12.1 Å². The highest BCUT2D eigenvalue weighted by molar-refractivity contribution is 5.95. The lowest BCUT2D eigenvalue weighted by Crippen LogP contribution is -2.47. The van der Waals surface area contributed by atoms with Crippen LogP contribution in [0.25, 0.3) is 0 Å². The second-order valence-corrected chi connectivity index (χ2v) is 5.05. The molecule has 0 spiro atoms. The summed E-state index contributed by atoms with van der Waals surface area (Å²) in [6.07, 6.45) is 5.15. The average molecular weight is 298 g/mol. The number of nitrogens with zero attached hydrogens (tertiary/aromatic N) is 4. The number of piperazine rings is 1. The Morgan fingerprint density at radius 2 is 1.82 bits per heavy atom. The van der Waals surface area contributed by atoms with Gasteiger partial charge < -0.3 is 14.5 Å². The van der Waals surface area contributed by atoms with Crippen LogP contribution in [0.4, 0.5) is 11.5 Å². The van der Waals surface area contributed by atoms with Gasteiger partial charge >= 0.3 is 5.97 Å². The summed E-state index contributed by atoms with van der Waals surface area (Å²) in [6, 6.07) is 7.56. The number of carbonyl (C=O) groups is 1. The summed E-state index contributed by atoms with van der Waals surface area (Å²) in [5.74, 6) is 0.593. The van der Waals surface area contributed by atoms with Crippen LogP contribution >= 0.6 is 0 Å². The van der Waals surface area contributed by atoms with Crippen molar-refractivity contribution in [2.75, 3.05) is 43.1 Å². The van der Waals surface area contributed by atoms with Gasteiger partial charge in [0.1, 0.15) is 5.82 Å². The normalized spacial score (nSPS) is 14.8. The molecule has 1 aromatic carbocycles. The Kier molecular flexibility index (Phi) is 4.18. The van der Waals surface area contributed by atoms with Crippen LogP contribution in [0.5, 0.6) is 0 Å². The minimum Gasteiger partial charge on any atom is -0.465 e. The third-order valence-corrected chi connectivity index (χ3v) is 3.80. The molecule has 6 heteroatoms. The number of rotatable bonds is 3. The van der Waals surface area contributed by atoms with Crippen LogP contribution in [0.1, 0.15) is 10.4 Å². The van der Waals surface area contributed by atoms with Crippen molar-refractivity contribution in [3.8, 4) is 0 Å². The maximum absolute atomic E-state index is 11.9. The third-order valence-electron chi connectivity index (χ3n) is 3.80. The molecule has 0 saturated carbocycles. The zero-order chi connectivity index (χ0) is 15.4. The second kappa shape index (κ2) is 6.43. The fourth-order valence-corrected chi connectivity index (χ4v) is 2.66. The number of aromatic nitrogens is 2. The number of para-hydroxylation sites is 1. The summed E-state index contributed by atoms with van der Waals surface area (Å²) >= 11 is 0. The largest absolute Gasteiger partial charge is 0.465 e. The zero-order valence-corrected chi connectivity index (χ0v) is 12.5. The van der Waals surface area contributed by atoms with Crippen molar-refractivity contribution in [1.29, 1.82) is 0 Å². The summed E-state index contributed by atoms with van der Waals surface area (Å²) in [7, 11) is 1.41. The maximum Gasteiger partial charge on any atom is 0.339 e. The van der Waals surface area contributed by atoms with E-state index in [0.29, 0.717) is 5.56 Å². The van der Waals surface area contributed by atoms with E-state index in [-0.39, 0.29) is 5.97 Å². The Labute approximate surface area is 129 Å². The first-order valence-electron chi connectivity index (χ1n) is 7.23. The van der Waals surface area contributed by atoms with E-state index in [1.54, 1.807) is 24.7 Å². The number of benzene rings is 1. The van der Waals surface area contributed by atoms with Gasteiger partial charge in [0.15, 0.2) is 0 Å². The first-order valence-corrected chi connectivity index (χ1v) is 7.23. The summed E-state index contributed by atoms with van der Waals surface area (Å²) in [6.45, 7) is 3.33. The molecule has 0 N–H and O–H groups in total. The van der Waals surface area contributed by atoms with Crippen LogP contribution in [0, 0.1) is 0 Å². The molecule has 0 bridgehead atoms. The molecule has 0 unspecified atom stereocenters. The monoisotopic (exact) mass is 298 g/mol. The summed E-state index contributed by atoms with van der Waals surface area (Å²) < 4.78 is 4.86. The highest BCUT2D eigenvalue weighted by Crippen LogP contribution is 2.23. The standard InChI is InChI=1S/C16H18N4O2/c1-22-16(21)13-4-2-3-5-14(13)19-8-10-20(11-9-19)15-12-17-6-7-18-15/h2-7,12H,8-11H2,1H3. The molecule has 1 aromatic heterocycles. The summed E-state index contributed by atoms with van der Waals surface area (Å²) in [5.41, 5.74) is 1.53. The molecule has 1 aliphatic heterocycles. The van der Waals surface area contributed by atoms with Gasteiger partial charge in [-0.15, -0.1) is 0 Å². The minimum atomic E-state index is -0.299. The number of hydrogen-bond donors (Lipinski definition) is 0. The first kappa shape index (κ1) is 14.3. The zero-order valence-electron chi connectivity index (χ0n) is 12.5. The quantitative estimate of drug-likeness (QED) is 0.802. The highest BCUT2D eigenvalue weighted by Gasteiger charge is 2.22. The maximum atomic E-state index is 11.9. The smallest absolute Gasteiger partial charge is 0.339 e. The highest BCUT2D eigenvalue weighted by atomic mass is 16.5. The van der Waals surface area contributed by atoms with Crippen LogP contribution in [-0.4, -0.2) is 49.2 Å². The lowest BCUT2D eigenvalue weighted by Gasteiger charge is -2.37. The Balaban J connectivity index is 1.73. The molecule has 1 saturated heterocycles. The number of esters is 1. The lowest BCUT2D eigenvalue weighted by molar-refractivity contribution is 0.0601. The number of ether oxygens (including phenoxy) is 1. The van der Waals surface area contributed by atoms with Gasteiger partial charge in [-0.3, -0.25) is 4.98 Å². The van der Waals surface area contributed by atoms with E-state index in [9.17, 15) is 4.79 Å². The van der Waals surface area contributed by atoms with E-state index in [1.165, 1.54) is 7.11 Å². The van der Waals surface area contributed by atoms with Gasteiger partial charge in [-0.05, 0) is 12.1 Å². The number of methoxy groups -OCH3 is 1. The molecule has 6 nitrogen and oxygen atoms in total. The second-order valence-electron chi connectivity index (χ2n) is 5.05. The predicted octanol–water partition coefficient (Wildman–Crippen LogP) is 1.59. The van der Waals surface area contributed by atoms with Crippen molar-refractivity contribution >= 4 is 17.5 Å². The van der Waals surface area contributed by atoms with Crippen molar-refractivity contribution in [2.24, 2.45) is 0 Å². The van der Waals surface area contributed by atoms with E-state index >= 15 is 0 Å². The van der Waals surface area contributed by atoms with Crippen LogP contribution in [0.15, 0.2) is 42.9 Å². The average Bonchev–Trinajstić information content (AvgIpc) is 2.62. The molecule has 2 aromatic rings. The molecular weight excluding hydrogens is 280 g/mol. The van der Waals surface area contributed by atoms with E-state index in [2.05, 4.69) is 19.8 Å². The van der Waals surface area contributed by atoms with Gasteiger partial charge in [-0.25, -0.2) is 9.78 Å². The number of hydrogen-bond acceptors (Lipinski definition) is 6. The topological polar surface area (TPSA) is 58.6 Å². The van der Waals surface area contributed by atoms with Crippen LogP contribution in [0.3, 0.4) is 0 Å². The van der Waals surface area contributed by atoms with Crippen LogP contribution < -0.4 is 9.80 Å². The van der Waals surface area contributed by atoms with E-state index < -0.39 is 0 Å². The van der Waals surface area contributed by atoms with E-state index in [4.69, 9.17) is 4.74 Å². The van der Waals surface area contributed by atoms with Gasteiger partial charge in [0, 0.05) is 38.6 Å². The van der Waals surface area contributed by atoms with Crippen molar-refractivity contribution in [3.63, 3.8) is 0 Å². The molecule has 22 heavy (non-hydrogen) atoms. The van der Waals surface area contributed by atoms with E-state index in [0.717, 1.165) is 37.7 Å². The molecule has 114 valence electrons. The van der Waals surface area contributed by atoms with Gasteiger partial charge in [0.2, 0.25) is 0 Å². The fourth-order valence-electron chi connectivity index (χ4n) is 2.66. The minimum absolute atomic E-state index is 0.299. The Morgan fingerprint density at radius 3 is 2.50 bits per heavy atom. The Bertz CT molecular complexity index is 640. The van der Waals surface area contributed by atoms with E-state index in [1.807, 2.05) is 18.2 Å². The third kappa shape index (κ3) is 2.86. The van der Waals surface area contributed by atoms with Crippen molar-refractivity contribution in [2.45, 2.75) is 0 Å². The summed E-state index contributed by atoms with van der Waals surface area (Å²) in [5, 5.41) is 0. The molecule has 0 atom stereocenters. The molecule has 1 fully saturated rings. The van der Waals surface area contributed by atoms with Crippen molar-refractivity contribution in [3.05, 3.63) is 48.4 Å². The number of carbonyl (C=O) groups excluding carboxylic acids is 1. The number of anilines is 2. The lowest BCUT2D eigenvalue weighted by atomic mass is 10.1. The van der Waals surface area contributed by atoms with Crippen LogP contribution in [-0.2, 0) is 4.74 Å². The summed E-state index contributed by atoms with van der Waals surface area (Å²) in [4.78, 5) is 24.7. The van der Waals surface area contributed by atoms with Crippen molar-refractivity contribution < 1.29 is 9.53 Å². The molecular formula is C16H18N4O2. The first-order chi connectivity index (χ1) is 10.8. The fraction of sp³-hybridized carbons (Fsp3) is 0.312. The molecule has 1 aliphatic rings. The molecule has 0 radical (unpaired) electrons. The predicted molar refractivity (Wildman–Crippen MR) is 84.2 cm³/mol. The Morgan fingerprint density at radius 1 is 1.09 bits per heavy atom. The molecule has 0 aliphatic carbocycles. The SMILES string of the molecule is COC(=O)c1ccccc1N1CCN(c2cnccn2)CC1. The van der Waals surface area contributed by atoms with Crippen molar-refractivity contribution in [1.82, 2.24) is 9.97 Å². The van der Waals surface area contributed by atoms with Gasteiger partial charge in [0.05, 0.1) is 24.6 Å². The van der Waals surface area contributed by atoms with Crippen LogP contribution in [0.2, 0.25) is 0 Å². The molecule has 3 rings (SSSR count).